The number of rotatable bonds is 8. The number of benzene rings is 2. The zero-order chi connectivity index (χ0) is 27.8. The first kappa shape index (κ1) is 25.1. The smallest absolute Gasteiger partial charge is 0.271 e. The summed E-state index contributed by atoms with van der Waals surface area (Å²) >= 11 is 0. The molecule has 2 bridgehead atoms. The second-order valence-corrected chi connectivity index (χ2v) is 9.06. The zero-order valence-electron chi connectivity index (χ0n) is 19.7. The molecule has 0 unspecified atom stereocenters. The second kappa shape index (κ2) is 9.73. The van der Waals surface area contributed by atoms with E-state index in [2.05, 4.69) is 33.2 Å². The minimum atomic E-state index is -0.733. The van der Waals surface area contributed by atoms with E-state index in [0.29, 0.717) is 11.4 Å². The molecule has 0 spiro atoms. The maximum atomic E-state index is 11.5. The molecule has 0 aliphatic heterocycles. The Kier molecular flexibility index (Phi) is 6.27. The Labute approximate surface area is 218 Å². The molecule has 16 nitrogen and oxygen atoms in total. The van der Waals surface area contributed by atoms with Gasteiger partial charge in [0.15, 0.2) is 0 Å². The fourth-order valence-electron chi connectivity index (χ4n) is 5.25. The first-order valence-electron chi connectivity index (χ1n) is 11.5. The molecule has 5 rings (SSSR count). The molecule has 4 atom stereocenters. The molecule has 0 radical (unpaired) electrons. The van der Waals surface area contributed by atoms with Crippen LogP contribution in [0.4, 0.5) is 34.1 Å². The Morgan fingerprint density at radius 2 is 1.05 bits per heavy atom. The summed E-state index contributed by atoms with van der Waals surface area (Å²) < 4.78 is 0. The SMILES string of the molecule is O=[N+]([O-])c1ccc(N/N=C2C=C/C(=N/Nc3ccc([N+](=O)[O-])cc3[N+](=O)[O-])[C@H]3[C@@H]/2[C@@H]2C=C[C@@H]3C2)c([N+](=O)[O-])c1. The lowest BCUT2D eigenvalue weighted by Gasteiger charge is -2.31. The van der Waals surface area contributed by atoms with E-state index in [4.69, 9.17) is 0 Å². The highest BCUT2D eigenvalue weighted by molar-refractivity contribution is 6.13. The molecular formula is C23H18N8O8. The lowest BCUT2D eigenvalue weighted by Crippen LogP contribution is -2.36. The molecule has 0 saturated heterocycles. The quantitative estimate of drug-likeness (QED) is 0.273. The molecule has 2 aromatic carbocycles. The summed E-state index contributed by atoms with van der Waals surface area (Å²) in [6.07, 6.45) is 8.34. The van der Waals surface area contributed by atoms with Crippen molar-refractivity contribution in [3.63, 3.8) is 0 Å². The number of non-ortho nitro benzene ring substituents is 2. The summed E-state index contributed by atoms with van der Waals surface area (Å²) in [5.41, 5.74) is 4.71. The van der Waals surface area contributed by atoms with Crippen molar-refractivity contribution in [3.05, 3.63) is 101 Å². The van der Waals surface area contributed by atoms with Gasteiger partial charge in [0, 0.05) is 24.0 Å². The summed E-state index contributed by atoms with van der Waals surface area (Å²) in [7, 11) is 0. The van der Waals surface area contributed by atoms with E-state index in [-0.39, 0.29) is 35.0 Å². The number of nitrogens with zero attached hydrogens (tertiary/aromatic N) is 6. The van der Waals surface area contributed by atoms with Crippen LogP contribution in [0.2, 0.25) is 0 Å². The molecule has 3 aliphatic carbocycles. The third kappa shape index (κ3) is 4.65. The summed E-state index contributed by atoms with van der Waals surface area (Å²) in [5.74, 6) is -0.0310. The zero-order valence-corrected chi connectivity index (χ0v) is 19.7. The monoisotopic (exact) mass is 534 g/mol. The Morgan fingerprint density at radius 1 is 0.641 bits per heavy atom. The van der Waals surface area contributed by atoms with Crippen LogP contribution in [0.15, 0.2) is 70.9 Å². The number of hydrogen-bond acceptors (Lipinski definition) is 12. The fourth-order valence-corrected chi connectivity index (χ4v) is 5.25. The highest BCUT2D eigenvalue weighted by atomic mass is 16.6. The van der Waals surface area contributed by atoms with Gasteiger partial charge in [0.05, 0.1) is 43.2 Å². The van der Waals surface area contributed by atoms with Crippen LogP contribution in [0.3, 0.4) is 0 Å². The molecule has 3 aliphatic rings. The van der Waals surface area contributed by atoms with E-state index in [9.17, 15) is 40.5 Å². The maximum Gasteiger partial charge on any atom is 0.301 e. The van der Waals surface area contributed by atoms with Crippen molar-refractivity contribution >= 4 is 45.5 Å². The van der Waals surface area contributed by atoms with Crippen LogP contribution in [-0.2, 0) is 0 Å². The van der Waals surface area contributed by atoms with Gasteiger partial charge in [-0.2, -0.15) is 10.2 Å². The van der Waals surface area contributed by atoms with Crippen LogP contribution in [-0.4, -0.2) is 31.1 Å². The largest absolute Gasteiger partial charge is 0.301 e. The van der Waals surface area contributed by atoms with Crippen LogP contribution in [0.5, 0.6) is 0 Å². The Bertz CT molecular complexity index is 1440. The van der Waals surface area contributed by atoms with E-state index >= 15 is 0 Å². The topological polar surface area (TPSA) is 221 Å². The van der Waals surface area contributed by atoms with E-state index in [1.54, 1.807) is 12.2 Å². The second-order valence-electron chi connectivity index (χ2n) is 9.06. The number of nitro groups is 4. The van der Waals surface area contributed by atoms with E-state index in [0.717, 1.165) is 30.7 Å². The average molecular weight is 534 g/mol. The predicted molar refractivity (Wildman–Crippen MR) is 138 cm³/mol. The summed E-state index contributed by atoms with van der Waals surface area (Å²) in [4.78, 5) is 42.0. The van der Waals surface area contributed by atoms with Crippen LogP contribution in [0.25, 0.3) is 0 Å². The number of hydrazone groups is 2. The molecule has 39 heavy (non-hydrogen) atoms. The van der Waals surface area contributed by atoms with E-state index in [1.807, 2.05) is 0 Å². The molecule has 2 N–H and O–H groups in total. The first-order chi connectivity index (χ1) is 18.6. The van der Waals surface area contributed by atoms with Gasteiger partial charge in [-0.05, 0) is 42.5 Å². The number of nitro benzene ring substituents is 4. The Morgan fingerprint density at radius 3 is 1.41 bits per heavy atom. The third-order valence-corrected chi connectivity index (χ3v) is 6.96. The molecular weight excluding hydrogens is 516 g/mol. The van der Waals surface area contributed by atoms with Crippen molar-refractivity contribution in [1.82, 2.24) is 0 Å². The van der Waals surface area contributed by atoms with Gasteiger partial charge in [0.1, 0.15) is 11.4 Å². The van der Waals surface area contributed by atoms with Crippen LogP contribution in [0.1, 0.15) is 6.42 Å². The summed E-state index contributed by atoms with van der Waals surface area (Å²) in [6.45, 7) is 0. The minimum absolute atomic E-state index is 0.00615. The van der Waals surface area contributed by atoms with Crippen molar-refractivity contribution in [2.75, 3.05) is 10.9 Å². The number of allylic oxidation sites excluding steroid dienone is 4. The van der Waals surface area contributed by atoms with Crippen LogP contribution < -0.4 is 10.9 Å². The summed E-state index contributed by atoms with van der Waals surface area (Å²) in [6, 6.07) is 6.44. The third-order valence-electron chi connectivity index (χ3n) is 6.96. The van der Waals surface area contributed by atoms with Crippen molar-refractivity contribution < 1.29 is 19.7 Å². The van der Waals surface area contributed by atoms with E-state index < -0.39 is 42.4 Å². The first-order valence-corrected chi connectivity index (χ1v) is 11.5. The van der Waals surface area contributed by atoms with Crippen molar-refractivity contribution in [2.45, 2.75) is 6.42 Å². The molecule has 1 fully saturated rings. The average Bonchev–Trinajstić information content (AvgIpc) is 3.53. The van der Waals surface area contributed by atoms with Gasteiger partial charge in [0.25, 0.3) is 11.4 Å². The van der Waals surface area contributed by atoms with Gasteiger partial charge < -0.3 is 0 Å². The standard InChI is InChI=1S/C23H18N8O8/c32-28(33)14-3-5-16(20(10-14)30(36)37)24-26-18-7-8-19(23-13-2-1-12(9-13)22(18)23)27-25-17-6-4-15(29(34)35)11-21(17)31(38)39/h1-8,10-13,22-25H,9H2/b26-18-,27-19-/t12-,13-,22-,23+/m1/s1. The van der Waals surface area contributed by atoms with Gasteiger partial charge in [-0.15, -0.1) is 0 Å². The number of hydrogen-bond donors (Lipinski definition) is 2. The Balaban J connectivity index is 1.44. The lowest BCUT2D eigenvalue weighted by molar-refractivity contribution is -0.393. The summed E-state index contributed by atoms with van der Waals surface area (Å²) in [5, 5.41) is 53.7. The van der Waals surface area contributed by atoms with Gasteiger partial charge in [-0.3, -0.25) is 51.3 Å². The van der Waals surface area contributed by atoms with Crippen LogP contribution >= 0.6 is 0 Å². The minimum Gasteiger partial charge on any atom is -0.271 e. The van der Waals surface area contributed by atoms with Gasteiger partial charge >= 0.3 is 11.4 Å². The van der Waals surface area contributed by atoms with Gasteiger partial charge in [-0.25, -0.2) is 0 Å². The highest BCUT2D eigenvalue weighted by Crippen LogP contribution is 2.51. The molecule has 16 heteroatoms. The maximum absolute atomic E-state index is 11.5. The van der Waals surface area contributed by atoms with Crippen molar-refractivity contribution in [1.29, 1.82) is 0 Å². The molecule has 0 aromatic heterocycles. The normalized spacial score (nSPS) is 24.5. The molecule has 198 valence electrons. The number of anilines is 2. The Hall–Kier alpha value is -5.54. The van der Waals surface area contributed by atoms with Crippen molar-refractivity contribution in [3.8, 4) is 0 Å². The van der Waals surface area contributed by atoms with Crippen molar-refractivity contribution in [2.24, 2.45) is 33.9 Å². The predicted octanol–water partition coefficient (Wildman–Crippen LogP) is 4.56. The number of fused-ring (bicyclic) bond motifs is 5. The highest BCUT2D eigenvalue weighted by Gasteiger charge is 2.49. The molecule has 1 saturated carbocycles. The fraction of sp³-hybridized carbons (Fsp3) is 0.217. The van der Waals surface area contributed by atoms with E-state index in [1.165, 1.54) is 12.1 Å². The van der Waals surface area contributed by atoms with Crippen LogP contribution in [0, 0.1) is 64.1 Å². The molecule has 0 heterocycles. The van der Waals surface area contributed by atoms with Gasteiger partial charge in [-0.1, -0.05) is 12.2 Å². The van der Waals surface area contributed by atoms with Gasteiger partial charge in [0.2, 0.25) is 0 Å². The molecule has 0 amide bonds. The molecule has 2 aromatic rings. The number of nitrogens with one attached hydrogen (secondary N) is 2. The lowest BCUT2D eigenvalue weighted by atomic mass is 9.74.